The molecule has 1 heterocycles. The normalized spacial score (nSPS) is 21.0. The number of hydrogen-bond donors (Lipinski definition) is 1. The highest BCUT2D eigenvalue weighted by molar-refractivity contribution is 7.89. The van der Waals surface area contributed by atoms with Crippen LogP contribution >= 0.6 is 0 Å². The second-order valence-electron chi connectivity index (χ2n) is 6.99. The molecule has 0 unspecified atom stereocenters. The highest BCUT2D eigenvalue weighted by atomic mass is 32.2. The summed E-state index contributed by atoms with van der Waals surface area (Å²) in [6, 6.07) is 6.91. The van der Waals surface area contributed by atoms with E-state index in [2.05, 4.69) is 0 Å². The minimum Gasteiger partial charge on any atom is -0.351 e. The SMILES string of the molecule is NC(=O)N1CCCN(S(=O)(=O)c2ccc(C3CCCCC3)cc2)CC1. The number of nitrogens with two attached hydrogens (primary N) is 1. The number of sulfonamides is 1. The number of carbonyl (C=O) groups is 1. The first kappa shape index (κ1) is 18.2. The van der Waals surface area contributed by atoms with Crippen LogP contribution in [0.2, 0.25) is 0 Å². The van der Waals surface area contributed by atoms with Crippen LogP contribution in [0.15, 0.2) is 29.2 Å². The van der Waals surface area contributed by atoms with Gasteiger partial charge >= 0.3 is 6.03 Å². The van der Waals surface area contributed by atoms with Gasteiger partial charge in [0.2, 0.25) is 10.0 Å². The van der Waals surface area contributed by atoms with Crippen molar-refractivity contribution in [2.75, 3.05) is 26.2 Å². The number of rotatable bonds is 3. The van der Waals surface area contributed by atoms with Gasteiger partial charge in [0.1, 0.15) is 0 Å². The van der Waals surface area contributed by atoms with Crippen LogP contribution in [0.5, 0.6) is 0 Å². The molecule has 1 aliphatic carbocycles. The molecule has 1 aromatic carbocycles. The lowest BCUT2D eigenvalue weighted by Crippen LogP contribution is -2.39. The molecular formula is C18H27N3O3S. The molecule has 2 aliphatic rings. The third-order valence-electron chi connectivity index (χ3n) is 5.36. The zero-order chi connectivity index (χ0) is 17.9. The summed E-state index contributed by atoms with van der Waals surface area (Å²) in [4.78, 5) is 13.1. The van der Waals surface area contributed by atoms with Crippen molar-refractivity contribution in [2.45, 2.75) is 49.3 Å². The molecule has 0 atom stereocenters. The average Bonchev–Trinajstić information content (AvgIpc) is 2.89. The van der Waals surface area contributed by atoms with E-state index in [9.17, 15) is 13.2 Å². The fourth-order valence-corrected chi connectivity index (χ4v) is 5.32. The van der Waals surface area contributed by atoms with E-state index in [1.165, 1.54) is 46.9 Å². The molecule has 6 nitrogen and oxygen atoms in total. The number of benzene rings is 1. The smallest absolute Gasteiger partial charge is 0.314 e. The Bertz CT molecular complexity index is 697. The molecule has 0 radical (unpaired) electrons. The Labute approximate surface area is 150 Å². The van der Waals surface area contributed by atoms with E-state index in [0.29, 0.717) is 36.9 Å². The van der Waals surface area contributed by atoms with E-state index in [-0.39, 0.29) is 6.54 Å². The van der Waals surface area contributed by atoms with Crippen LogP contribution < -0.4 is 5.73 Å². The van der Waals surface area contributed by atoms with E-state index in [1.54, 1.807) is 12.1 Å². The summed E-state index contributed by atoms with van der Waals surface area (Å²) in [6.45, 7) is 1.54. The number of hydrogen-bond acceptors (Lipinski definition) is 3. The molecule has 1 aromatic rings. The van der Waals surface area contributed by atoms with E-state index in [1.807, 2.05) is 12.1 Å². The van der Waals surface area contributed by atoms with E-state index in [0.717, 1.165) is 0 Å². The molecule has 1 saturated heterocycles. The molecule has 0 spiro atoms. The minimum absolute atomic E-state index is 0.287. The van der Waals surface area contributed by atoms with Gasteiger partial charge in [0, 0.05) is 26.2 Å². The third-order valence-corrected chi connectivity index (χ3v) is 7.27. The number of amides is 2. The van der Waals surface area contributed by atoms with Gasteiger partial charge < -0.3 is 10.6 Å². The first-order valence-electron chi connectivity index (χ1n) is 9.13. The number of nitrogens with zero attached hydrogens (tertiary/aromatic N) is 2. The zero-order valence-electron chi connectivity index (χ0n) is 14.6. The Morgan fingerprint density at radius 3 is 2.24 bits per heavy atom. The molecule has 138 valence electrons. The van der Waals surface area contributed by atoms with Crippen LogP contribution in [-0.2, 0) is 10.0 Å². The molecule has 2 fully saturated rings. The molecule has 3 rings (SSSR count). The van der Waals surface area contributed by atoms with Gasteiger partial charge in [-0.1, -0.05) is 31.4 Å². The Morgan fingerprint density at radius 1 is 0.920 bits per heavy atom. The lowest BCUT2D eigenvalue weighted by Gasteiger charge is -2.23. The van der Waals surface area contributed by atoms with E-state index >= 15 is 0 Å². The van der Waals surface area contributed by atoms with Crippen molar-refractivity contribution in [3.8, 4) is 0 Å². The fourth-order valence-electron chi connectivity index (χ4n) is 3.85. The quantitative estimate of drug-likeness (QED) is 0.893. The van der Waals surface area contributed by atoms with Crippen LogP contribution in [0.4, 0.5) is 4.79 Å². The lowest BCUT2D eigenvalue weighted by molar-refractivity contribution is 0.210. The first-order valence-corrected chi connectivity index (χ1v) is 10.6. The molecule has 0 bridgehead atoms. The van der Waals surface area contributed by atoms with Crippen LogP contribution in [0, 0.1) is 0 Å². The van der Waals surface area contributed by atoms with Crippen molar-refractivity contribution < 1.29 is 13.2 Å². The Hall–Kier alpha value is -1.60. The molecular weight excluding hydrogens is 338 g/mol. The second-order valence-corrected chi connectivity index (χ2v) is 8.92. The van der Waals surface area contributed by atoms with Crippen molar-refractivity contribution in [2.24, 2.45) is 5.73 Å². The second kappa shape index (κ2) is 7.74. The standard InChI is InChI=1S/C18H27N3O3S/c19-18(22)20-11-4-12-21(14-13-20)25(23,24)17-9-7-16(8-10-17)15-5-2-1-3-6-15/h7-10,15H,1-6,11-14H2,(H2,19,22). The predicted molar refractivity (Wildman–Crippen MR) is 96.8 cm³/mol. The third kappa shape index (κ3) is 4.15. The maximum atomic E-state index is 12.9. The van der Waals surface area contributed by atoms with E-state index in [4.69, 9.17) is 5.73 Å². The fraction of sp³-hybridized carbons (Fsp3) is 0.611. The summed E-state index contributed by atoms with van der Waals surface area (Å²) in [6.07, 6.45) is 6.81. The summed E-state index contributed by atoms with van der Waals surface area (Å²) < 4.78 is 27.3. The number of primary amides is 1. The van der Waals surface area contributed by atoms with Gasteiger partial charge in [-0.3, -0.25) is 0 Å². The van der Waals surface area contributed by atoms with Gasteiger partial charge in [0.25, 0.3) is 0 Å². The molecule has 7 heteroatoms. The van der Waals surface area contributed by atoms with Crippen LogP contribution in [0.25, 0.3) is 0 Å². The van der Waals surface area contributed by atoms with Gasteiger partial charge in [0.15, 0.2) is 0 Å². The Morgan fingerprint density at radius 2 is 1.60 bits per heavy atom. The van der Waals surface area contributed by atoms with Crippen molar-refractivity contribution in [1.82, 2.24) is 9.21 Å². The maximum absolute atomic E-state index is 12.9. The van der Waals surface area contributed by atoms with Crippen molar-refractivity contribution in [3.05, 3.63) is 29.8 Å². The predicted octanol–water partition coefficient (Wildman–Crippen LogP) is 2.51. The van der Waals surface area contributed by atoms with Crippen molar-refractivity contribution >= 4 is 16.1 Å². The number of urea groups is 1. The molecule has 1 saturated carbocycles. The molecule has 1 aliphatic heterocycles. The topological polar surface area (TPSA) is 83.7 Å². The van der Waals surface area contributed by atoms with Crippen molar-refractivity contribution in [3.63, 3.8) is 0 Å². The van der Waals surface area contributed by atoms with Crippen LogP contribution in [0.1, 0.15) is 50.0 Å². The lowest BCUT2D eigenvalue weighted by atomic mass is 9.84. The molecule has 25 heavy (non-hydrogen) atoms. The van der Waals surface area contributed by atoms with Crippen LogP contribution in [0.3, 0.4) is 0 Å². The summed E-state index contributed by atoms with van der Waals surface area (Å²) in [5, 5.41) is 0. The van der Waals surface area contributed by atoms with Gasteiger partial charge in [-0.2, -0.15) is 4.31 Å². The Balaban J connectivity index is 1.72. The monoisotopic (exact) mass is 365 g/mol. The molecule has 2 amide bonds. The van der Waals surface area contributed by atoms with Gasteiger partial charge in [-0.05, 0) is 42.9 Å². The summed E-state index contributed by atoms with van der Waals surface area (Å²) >= 11 is 0. The molecule has 0 aromatic heterocycles. The highest BCUT2D eigenvalue weighted by Gasteiger charge is 2.28. The zero-order valence-corrected chi connectivity index (χ0v) is 15.4. The van der Waals surface area contributed by atoms with Gasteiger partial charge in [-0.25, -0.2) is 13.2 Å². The van der Waals surface area contributed by atoms with E-state index < -0.39 is 16.1 Å². The number of carbonyl (C=O) groups excluding carboxylic acids is 1. The molecule has 2 N–H and O–H groups in total. The minimum atomic E-state index is -3.53. The average molecular weight is 365 g/mol. The Kier molecular flexibility index (Phi) is 5.64. The summed E-state index contributed by atoms with van der Waals surface area (Å²) in [7, 11) is -3.53. The van der Waals surface area contributed by atoms with Crippen LogP contribution in [-0.4, -0.2) is 49.8 Å². The summed E-state index contributed by atoms with van der Waals surface area (Å²) in [5.74, 6) is 0.563. The largest absolute Gasteiger partial charge is 0.351 e. The van der Waals surface area contributed by atoms with Gasteiger partial charge in [0.05, 0.1) is 4.90 Å². The maximum Gasteiger partial charge on any atom is 0.314 e. The highest BCUT2D eigenvalue weighted by Crippen LogP contribution is 2.33. The van der Waals surface area contributed by atoms with Gasteiger partial charge in [-0.15, -0.1) is 0 Å². The first-order chi connectivity index (χ1) is 12.0. The summed E-state index contributed by atoms with van der Waals surface area (Å²) in [5.41, 5.74) is 6.55. The van der Waals surface area contributed by atoms with Crippen molar-refractivity contribution in [1.29, 1.82) is 0 Å².